The van der Waals surface area contributed by atoms with Gasteiger partial charge in [0.1, 0.15) is 0 Å². The number of para-hydroxylation sites is 1. The van der Waals surface area contributed by atoms with E-state index in [2.05, 4.69) is 55.8 Å². The van der Waals surface area contributed by atoms with Crippen LogP contribution in [0.4, 0.5) is 5.69 Å². The zero-order valence-electron chi connectivity index (χ0n) is 17.6. The number of hydrogen-bond acceptors (Lipinski definition) is 5. The van der Waals surface area contributed by atoms with E-state index in [4.69, 9.17) is 9.47 Å². The number of anilines is 1. The molecule has 3 heterocycles. The van der Waals surface area contributed by atoms with Gasteiger partial charge in [-0.2, -0.15) is 0 Å². The highest BCUT2D eigenvalue weighted by Gasteiger charge is 2.32. The molecule has 0 aromatic heterocycles. The standard InChI is InChI=1S/C22H35N5O2/c1-23-22(25-19-7-9-27(16-19)20-5-3-2-4-6-20)24-15-21(18-8-12-29-17-18)26-10-13-28-14-11-26/h2-6,18-19,21H,7-17H2,1H3,(H2,23,24,25). The molecule has 0 spiro atoms. The number of rotatable bonds is 6. The van der Waals surface area contributed by atoms with Crippen LogP contribution in [0.3, 0.4) is 0 Å². The highest BCUT2D eigenvalue weighted by molar-refractivity contribution is 5.80. The second-order valence-electron chi connectivity index (χ2n) is 8.20. The molecule has 0 bridgehead atoms. The first kappa shape index (κ1) is 20.4. The Labute approximate surface area is 174 Å². The van der Waals surface area contributed by atoms with Crippen molar-refractivity contribution in [3.8, 4) is 0 Å². The van der Waals surface area contributed by atoms with Gasteiger partial charge < -0.3 is 25.0 Å². The number of aliphatic imine (C=N–C) groups is 1. The summed E-state index contributed by atoms with van der Waals surface area (Å²) in [5.74, 6) is 1.49. The highest BCUT2D eigenvalue weighted by Crippen LogP contribution is 2.22. The lowest BCUT2D eigenvalue weighted by Crippen LogP contribution is -2.54. The van der Waals surface area contributed by atoms with Crippen LogP contribution in [0.15, 0.2) is 35.3 Å². The Hall–Kier alpha value is -1.83. The Kier molecular flexibility index (Phi) is 7.24. The van der Waals surface area contributed by atoms with Gasteiger partial charge in [-0.25, -0.2) is 0 Å². The zero-order valence-corrected chi connectivity index (χ0v) is 17.6. The van der Waals surface area contributed by atoms with E-state index in [1.54, 1.807) is 0 Å². The molecular weight excluding hydrogens is 366 g/mol. The van der Waals surface area contributed by atoms with Crippen LogP contribution < -0.4 is 15.5 Å². The molecule has 0 amide bonds. The van der Waals surface area contributed by atoms with Crippen LogP contribution in [0.2, 0.25) is 0 Å². The van der Waals surface area contributed by atoms with Gasteiger partial charge >= 0.3 is 0 Å². The van der Waals surface area contributed by atoms with Crippen LogP contribution >= 0.6 is 0 Å². The van der Waals surface area contributed by atoms with E-state index >= 15 is 0 Å². The molecular formula is C22H35N5O2. The van der Waals surface area contributed by atoms with Crippen molar-refractivity contribution in [3.63, 3.8) is 0 Å². The molecule has 7 heteroatoms. The molecule has 3 saturated heterocycles. The molecule has 0 radical (unpaired) electrons. The molecule has 160 valence electrons. The predicted molar refractivity (Wildman–Crippen MR) is 117 cm³/mol. The maximum atomic E-state index is 5.69. The Morgan fingerprint density at radius 1 is 1.10 bits per heavy atom. The van der Waals surface area contributed by atoms with Crippen LogP contribution in [-0.4, -0.2) is 89.1 Å². The van der Waals surface area contributed by atoms with Gasteiger partial charge in [0.2, 0.25) is 0 Å². The fourth-order valence-electron chi connectivity index (χ4n) is 4.70. The fraction of sp³-hybridized carbons (Fsp3) is 0.682. The highest BCUT2D eigenvalue weighted by atomic mass is 16.5. The van der Waals surface area contributed by atoms with Gasteiger partial charge in [0.05, 0.1) is 19.8 Å². The second-order valence-corrected chi connectivity index (χ2v) is 8.20. The largest absolute Gasteiger partial charge is 0.381 e. The van der Waals surface area contributed by atoms with Crippen LogP contribution in [0, 0.1) is 5.92 Å². The van der Waals surface area contributed by atoms with Crippen LogP contribution in [0.25, 0.3) is 0 Å². The first-order valence-electron chi connectivity index (χ1n) is 11.0. The number of morpholine rings is 1. The number of guanidine groups is 1. The zero-order chi connectivity index (χ0) is 19.9. The van der Waals surface area contributed by atoms with E-state index in [-0.39, 0.29) is 0 Å². The average molecular weight is 402 g/mol. The van der Waals surface area contributed by atoms with E-state index in [0.29, 0.717) is 18.0 Å². The lowest BCUT2D eigenvalue weighted by Gasteiger charge is -2.37. The van der Waals surface area contributed by atoms with Crippen LogP contribution in [0.1, 0.15) is 12.8 Å². The smallest absolute Gasteiger partial charge is 0.191 e. The Morgan fingerprint density at radius 2 is 1.93 bits per heavy atom. The predicted octanol–water partition coefficient (Wildman–Crippen LogP) is 1.17. The van der Waals surface area contributed by atoms with E-state index in [0.717, 1.165) is 78.0 Å². The topological polar surface area (TPSA) is 61.4 Å². The molecule has 3 fully saturated rings. The summed E-state index contributed by atoms with van der Waals surface area (Å²) in [6.07, 6.45) is 2.27. The fourth-order valence-corrected chi connectivity index (χ4v) is 4.70. The minimum atomic E-state index is 0.415. The van der Waals surface area contributed by atoms with Crippen LogP contribution in [0.5, 0.6) is 0 Å². The van der Waals surface area contributed by atoms with Crippen molar-refractivity contribution in [2.24, 2.45) is 10.9 Å². The van der Waals surface area contributed by atoms with E-state index in [1.165, 1.54) is 5.69 Å². The Bertz CT molecular complexity index is 644. The molecule has 0 saturated carbocycles. The van der Waals surface area contributed by atoms with Crippen LogP contribution in [-0.2, 0) is 9.47 Å². The maximum absolute atomic E-state index is 5.69. The summed E-state index contributed by atoms with van der Waals surface area (Å²) >= 11 is 0. The van der Waals surface area contributed by atoms with Gasteiger partial charge in [0, 0.05) is 70.1 Å². The Balaban J connectivity index is 1.30. The van der Waals surface area contributed by atoms with Gasteiger partial charge in [0.25, 0.3) is 0 Å². The summed E-state index contributed by atoms with van der Waals surface area (Å²) in [5.41, 5.74) is 1.30. The van der Waals surface area contributed by atoms with Gasteiger partial charge in [-0.3, -0.25) is 9.89 Å². The SMILES string of the molecule is CN=C(NCC(C1CCOC1)N1CCOCC1)NC1CCN(c2ccccc2)C1. The van der Waals surface area contributed by atoms with Crippen molar-refractivity contribution in [2.75, 3.05) is 71.1 Å². The molecule has 0 aliphatic carbocycles. The minimum Gasteiger partial charge on any atom is -0.381 e. The molecule has 2 N–H and O–H groups in total. The van der Waals surface area contributed by atoms with E-state index < -0.39 is 0 Å². The quantitative estimate of drug-likeness (QED) is 0.551. The number of nitrogens with zero attached hydrogens (tertiary/aromatic N) is 3. The van der Waals surface area contributed by atoms with Crippen molar-refractivity contribution in [1.29, 1.82) is 0 Å². The maximum Gasteiger partial charge on any atom is 0.191 e. The first-order chi connectivity index (χ1) is 14.3. The van der Waals surface area contributed by atoms with Crippen molar-refractivity contribution in [3.05, 3.63) is 30.3 Å². The second kappa shape index (κ2) is 10.3. The third-order valence-electron chi connectivity index (χ3n) is 6.38. The van der Waals surface area contributed by atoms with Crippen molar-refractivity contribution >= 4 is 11.6 Å². The third kappa shape index (κ3) is 5.41. The number of hydrogen-bond donors (Lipinski definition) is 2. The molecule has 3 aliphatic rings. The monoisotopic (exact) mass is 401 g/mol. The molecule has 7 nitrogen and oxygen atoms in total. The average Bonchev–Trinajstić information content (AvgIpc) is 3.47. The van der Waals surface area contributed by atoms with Gasteiger partial charge in [-0.15, -0.1) is 0 Å². The van der Waals surface area contributed by atoms with E-state index in [1.807, 2.05) is 7.05 Å². The normalized spacial score (nSPS) is 27.2. The van der Waals surface area contributed by atoms with Crippen molar-refractivity contribution in [2.45, 2.75) is 24.9 Å². The molecule has 29 heavy (non-hydrogen) atoms. The number of ether oxygens (including phenoxy) is 2. The molecule has 3 aliphatic heterocycles. The molecule has 4 rings (SSSR count). The van der Waals surface area contributed by atoms with Gasteiger partial charge in [0.15, 0.2) is 5.96 Å². The molecule has 3 unspecified atom stereocenters. The van der Waals surface area contributed by atoms with Crippen molar-refractivity contribution < 1.29 is 9.47 Å². The van der Waals surface area contributed by atoms with E-state index in [9.17, 15) is 0 Å². The summed E-state index contributed by atoms with van der Waals surface area (Å²) in [4.78, 5) is 9.50. The molecule has 1 aromatic rings. The summed E-state index contributed by atoms with van der Waals surface area (Å²) in [6.45, 7) is 8.39. The third-order valence-corrected chi connectivity index (χ3v) is 6.38. The number of nitrogens with one attached hydrogen (secondary N) is 2. The summed E-state index contributed by atoms with van der Waals surface area (Å²) in [6, 6.07) is 11.5. The first-order valence-corrected chi connectivity index (χ1v) is 11.0. The summed E-state index contributed by atoms with van der Waals surface area (Å²) in [5, 5.41) is 7.24. The number of benzene rings is 1. The van der Waals surface area contributed by atoms with Crippen molar-refractivity contribution in [1.82, 2.24) is 15.5 Å². The molecule has 1 aromatic carbocycles. The lowest BCUT2D eigenvalue weighted by molar-refractivity contribution is 0.00246. The van der Waals surface area contributed by atoms with Gasteiger partial charge in [-0.1, -0.05) is 18.2 Å². The molecule has 3 atom stereocenters. The summed E-state index contributed by atoms with van der Waals surface area (Å²) in [7, 11) is 1.86. The summed E-state index contributed by atoms with van der Waals surface area (Å²) < 4.78 is 11.2. The minimum absolute atomic E-state index is 0.415. The lowest BCUT2D eigenvalue weighted by atomic mass is 9.97. The Morgan fingerprint density at radius 3 is 2.66 bits per heavy atom. The van der Waals surface area contributed by atoms with Gasteiger partial charge in [-0.05, 0) is 25.0 Å².